The van der Waals surface area contributed by atoms with Crippen molar-refractivity contribution in [2.24, 2.45) is 10.4 Å². The quantitative estimate of drug-likeness (QED) is 0.330. The Morgan fingerprint density at radius 1 is 1.00 bits per heavy atom. The third-order valence-corrected chi connectivity index (χ3v) is 8.68. The molecule has 2 heterocycles. The van der Waals surface area contributed by atoms with Crippen molar-refractivity contribution in [1.29, 1.82) is 5.26 Å². The maximum absolute atomic E-state index is 15.5. The van der Waals surface area contributed by atoms with Gasteiger partial charge in [0.25, 0.3) is 0 Å². The summed E-state index contributed by atoms with van der Waals surface area (Å²) in [6.07, 6.45) is 10.8. The highest BCUT2D eigenvalue weighted by atomic mass is 19.1. The second kappa shape index (κ2) is 12.0. The summed E-state index contributed by atoms with van der Waals surface area (Å²) in [6, 6.07) is 20.5. The Labute approximate surface area is 228 Å². The largest absolute Gasteiger partial charge is 0.376 e. The number of nitriles is 1. The average molecular weight is 515 g/mol. The molecular formula is C34H43FN2O. The van der Waals surface area contributed by atoms with Gasteiger partial charge in [-0.15, -0.1) is 0 Å². The molecule has 0 N–H and O–H groups in total. The number of ether oxygens (including phenoxy) is 1. The first kappa shape index (κ1) is 28.2. The summed E-state index contributed by atoms with van der Waals surface area (Å²) in [5.41, 5.74) is 3.77. The van der Waals surface area contributed by atoms with Gasteiger partial charge in [0.1, 0.15) is 5.83 Å². The molecule has 2 aromatic rings. The van der Waals surface area contributed by atoms with Crippen LogP contribution in [0.4, 0.5) is 4.39 Å². The molecule has 0 radical (unpaired) electrons. The number of benzene rings is 2. The Morgan fingerprint density at radius 3 is 2.53 bits per heavy atom. The predicted molar refractivity (Wildman–Crippen MR) is 154 cm³/mol. The molecule has 1 saturated heterocycles. The lowest BCUT2D eigenvalue weighted by molar-refractivity contribution is -0.0845. The van der Waals surface area contributed by atoms with E-state index in [2.05, 4.69) is 69.1 Å². The molecule has 0 saturated carbocycles. The molecule has 38 heavy (non-hydrogen) atoms. The Bertz CT molecular complexity index is 1190. The molecule has 0 amide bonds. The van der Waals surface area contributed by atoms with Gasteiger partial charge >= 0.3 is 0 Å². The molecule has 2 atom stereocenters. The fraction of sp³-hybridized carbons (Fsp3) is 0.529. The van der Waals surface area contributed by atoms with E-state index in [0.717, 1.165) is 62.8 Å². The zero-order valence-electron chi connectivity index (χ0n) is 23.6. The van der Waals surface area contributed by atoms with E-state index in [4.69, 9.17) is 4.74 Å². The van der Waals surface area contributed by atoms with Gasteiger partial charge in [0.15, 0.2) is 0 Å². The number of unbranched alkanes of at least 4 members (excludes halogenated alkanes) is 2. The normalized spacial score (nSPS) is 24.9. The first-order chi connectivity index (χ1) is 18.1. The fourth-order valence-electron chi connectivity index (χ4n) is 6.71. The van der Waals surface area contributed by atoms with E-state index in [0.29, 0.717) is 5.56 Å². The monoisotopic (exact) mass is 514 g/mol. The van der Waals surface area contributed by atoms with E-state index >= 15 is 4.39 Å². The number of halogens is 1. The van der Waals surface area contributed by atoms with Crippen molar-refractivity contribution in [3.63, 3.8) is 0 Å². The molecule has 0 aromatic heterocycles. The third-order valence-electron chi connectivity index (χ3n) is 8.68. The second-order valence-corrected chi connectivity index (χ2v) is 12.6. The van der Waals surface area contributed by atoms with Crippen LogP contribution < -0.4 is 0 Å². The second-order valence-electron chi connectivity index (χ2n) is 12.6. The van der Waals surface area contributed by atoms with Gasteiger partial charge in [-0.1, -0.05) is 69.2 Å². The van der Waals surface area contributed by atoms with E-state index in [1.54, 1.807) is 6.07 Å². The van der Waals surface area contributed by atoms with Crippen LogP contribution in [0.1, 0.15) is 108 Å². The van der Waals surface area contributed by atoms with Crippen LogP contribution in [0.3, 0.4) is 0 Å². The number of rotatable bonds is 8. The van der Waals surface area contributed by atoms with Crippen molar-refractivity contribution >= 4 is 5.71 Å². The van der Waals surface area contributed by atoms with Gasteiger partial charge in [-0.3, -0.25) is 4.99 Å². The van der Waals surface area contributed by atoms with Gasteiger partial charge in [0.2, 0.25) is 0 Å². The van der Waals surface area contributed by atoms with Gasteiger partial charge in [-0.05, 0) is 87.5 Å². The first-order valence-electron chi connectivity index (χ1n) is 14.2. The lowest BCUT2D eigenvalue weighted by atomic mass is 9.66. The molecule has 4 heteroatoms. The average Bonchev–Trinajstić information content (AvgIpc) is 2.89. The predicted octanol–water partition coefficient (Wildman–Crippen LogP) is 9.19. The topological polar surface area (TPSA) is 45.4 Å². The zero-order chi connectivity index (χ0) is 27.2. The lowest BCUT2D eigenvalue weighted by Gasteiger charge is -2.45. The highest BCUT2D eigenvalue weighted by Crippen LogP contribution is 2.47. The highest BCUT2D eigenvalue weighted by molar-refractivity contribution is 5.85. The zero-order valence-corrected chi connectivity index (χ0v) is 23.6. The van der Waals surface area contributed by atoms with E-state index in [1.807, 2.05) is 18.2 Å². The van der Waals surface area contributed by atoms with Crippen LogP contribution >= 0.6 is 0 Å². The van der Waals surface area contributed by atoms with Gasteiger partial charge in [0.05, 0.1) is 23.4 Å². The van der Waals surface area contributed by atoms with Crippen molar-refractivity contribution in [3.8, 4) is 6.07 Å². The van der Waals surface area contributed by atoms with Gasteiger partial charge in [-0.25, -0.2) is 4.39 Å². The maximum atomic E-state index is 15.5. The first-order valence-corrected chi connectivity index (χ1v) is 14.2. The summed E-state index contributed by atoms with van der Waals surface area (Å²) in [6.45, 7) is 9.51. The van der Waals surface area contributed by atoms with Gasteiger partial charge < -0.3 is 4.74 Å². The minimum atomic E-state index is -0.390. The summed E-state index contributed by atoms with van der Waals surface area (Å²) in [5.74, 6) is -0.603. The van der Waals surface area contributed by atoms with Crippen molar-refractivity contribution in [2.45, 2.75) is 102 Å². The molecule has 3 nitrogen and oxygen atoms in total. The highest BCUT2D eigenvalue weighted by Gasteiger charge is 2.41. The number of hydrogen-bond acceptors (Lipinski definition) is 3. The molecule has 202 valence electrons. The Balaban J connectivity index is 1.38. The molecule has 0 spiro atoms. The SMILES string of the molecule is CC1(C)CC(CCCCCC2=NC=C(F)C(c3cccc(C#N)c3)C(C)(C)CC2)(c2ccccc2)CCO1. The van der Waals surface area contributed by atoms with Crippen LogP contribution in [0.25, 0.3) is 0 Å². The maximum Gasteiger partial charge on any atom is 0.126 e. The number of nitrogens with zero attached hydrogens (tertiary/aromatic N) is 2. The molecule has 2 unspecified atom stereocenters. The van der Waals surface area contributed by atoms with Crippen LogP contribution in [0.2, 0.25) is 0 Å². The summed E-state index contributed by atoms with van der Waals surface area (Å²) in [4.78, 5) is 4.61. The number of aliphatic imine (C=N–C) groups is 1. The van der Waals surface area contributed by atoms with Crippen molar-refractivity contribution in [3.05, 3.63) is 83.3 Å². The van der Waals surface area contributed by atoms with Crippen LogP contribution in [0.15, 0.2) is 71.6 Å². The Morgan fingerprint density at radius 2 is 1.79 bits per heavy atom. The Kier molecular flexibility index (Phi) is 8.89. The minimum Gasteiger partial charge on any atom is -0.376 e. The molecule has 2 aromatic carbocycles. The molecule has 2 aliphatic rings. The summed E-state index contributed by atoms with van der Waals surface area (Å²) in [7, 11) is 0. The van der Waals surface area contributed by atoms with Crippen LogP contribution in [0.5, 0.6) is 0 Å². The standard InChI is InChI=1S/C34H43FN2O/c1-32(2)19-17-29(37-24-30(35)31(32)27-13-11-12-26(22-27)23-36)16-9-6-10-18-34(28-14-7-5-8-15-28)20-21-38-33(3,4)25-34/h5,7-8,11-15,22,24,31H,6,9-10,16-21,25H2,1-4H3. The summed E-state index contributed by atoms with van der Waals surface area (Å²) < 4.78 is 21.5. The van der Waals surface area contributed by atoms with E-state index in [1.165, 1.54) is 24.6 Å². The summed E-state index contributed by atoms with van der Waals surface area (Å²) in [5, 5.41) is 9.30. The minimum absolute atomic E-state index is 0.0985. The van der Waals surface area contributed by atoms with Crippen molar-refractivity contribution < 1.29 is 9.13 Å². The van der Waals surface area contributed by atoms with E-state index < -0.39 is 0 Å². The van der Waals surface area contributed by atoms with Crippen LogP contribution in [-0.2, 0) is 10.2 Å². The Hall–Kier alpha value is -2.77. The molecular weight excluding hydrogens is 471 g/mol. The van der Waals surface area contributed by atoms with Crippen LogP contribution in [0, 0.1) is 16.7 Å². The molecule has 0 bridgehead atoms. The third kappa shape index (κ3) is 6.80. The number of allylic oxidation sites excluding steroid dienone is 1. The summed E-state index contributed by atoms with van der Waals surface area (Å²) >= 11 is 0. The van der Waals surface area contributed by atoms with E-state index in [-0.39, 0.29) is 28.2 Å². The van der Waals surface area contributed by atoms with Crippen LogP contribution in [-0.4, -0.2) is 17.9 Å². The molecule has 1 fully saturated rings. The number of hydrogen-bond donors (Lipinski definition) is 0. The van der Waals surface area contributed by atoms with Crippen molar-refractivity contribution in [2.75, 3.05) is 6.61 Å². The lowest BCUT2D eigenvalue weighted by Crippen LogP contribution is -2.44. The smallest absolute Gasteiger partial charge is 0.126 e. The molecule has 2 aliphatic heterocycles. The molecule has 0 aliphatic carbocycles. The van der Waals surface area contributed by atoms with Crippen molar-refractivity contribution in [1.82, 2.24) is 0 Å². The molecule has 4 rings (SSSR count). The van der Waals surface area contributed by atoms with Gasteiger partial charge in [0, 0.05) is 23.7 Å². The van der Waals surface area contributed by atoms with Gasteiger partial charge in [-0.2, -0.15) is 5.26 Å². The fourth-order valence-corrected chi connectivity index (χ4v) is 6.71. The van der Waals surface area contributed by atoms with E-state index in [9.17, 15) is 5.26 Å².